The fourth-order valence-corrected chi connectivity index (χ4v) is 5.02. The molecule has 156 valence electrons. The number of para-hydroxylation sites is 2. The first kappa shape index (κ1) is 19.7. The first-order valence-corrected chi connectivity index (χ1v) is 9.85. The topological polar surface area (TPSA) is 76.0 Å². The van der Waals surface area contributed by atoms with Gasteiger partial charge in [0, 0.05) is 6.04 Å². The third-order valence-electron chi connectivity index (χ3n) is 6.26. The van der Waals surface area contributed by atoms with Crippen molar-refractivity contribution in [1.82, 2.24) is 20.2 Å². The summed E-state index contributed by atoms with van der Waals surface area (Å²) in [6.07, 6.45) is -0.00611. The van der Waals surface area contributed by atoms with Crippen LogP contribution in [0.15, 0.2) is 24.3 Å². The predicted molar refractivity (Wildman–Crippen MR) is 99.8 cm³/mol. The van der Waals surface area contributed by atoms with E-state index in [1.165, 1.54) is 31.4 Å². The van der Waals surface area contributed by atoms with Crippen molar-refractivity contribution in [1.29, 1.82) is 0 Å². The van der Waals surface area contributed by atoms with Gasteiger partial charge in [0.2, 0.25) is 11.7 Å². The molecule has 2 aliphatic carbocycles. The Labute approximate surface area is 165 Å². The van der Waals surface area contributed by atoms with E-state index < -0.39 is 30.5 Å². The van der Waals surface area contributed by atoms with Crippen molar-refractivity contribution in [3.05, 3.63) is 30.1 Å². The van der Waals surface area contributed by atoms with Gasteiger partial charge in [0.05, 0.1) is 11.0 Å². The minimum absolute atomic E-state index is 0.0853. The Morgan fingerprint density at radius 3 is 2.66 bits per heavy atom. The smallest absolute Gasteiger partial charge is 0.335 e. The molecular weight excluding hydrogens is 385 g/mol. The standard InChI is InChI=1S/C20H23F3N4O2/c1-11(14-9-12-6-7-13(14)8-12)24-19(29)26-17(28)10-27-16-5-3-2-4-15(16)25-18(27)20(21,22)23/h2-5,11-14H,6-10H2,1H3,(H2,24,26,28,29)/t11-,12-,13-,14-/m0/s1. The van der Waals surface area contributed by atoms with Crippen molar-refractivity contribution < 1.29 is 22.8 Å². The van der Waals surface area contributed by atoms with Crippen molar-refractivity contribution >= 4 is 23.0 Å². The number of halogens is 3. The molecule has 2 aromatic rings. The number of imide groups is 1. The van der Waals surface area contributed by atoms with E-state index in [9.17, 15) is 22.8 Å². The highest BCUT2D eigenvalue weighted by Crippen LogP contribution is 2.49. The van der Waals surface area contributed by atoms with Crippen molar-refractivity contribution in [2.45, 2.75) is 51.4 Å². The molecule has 0 spiro atoms. The van der Waals surface area contributed by atoms with Gasteiger partial charge in [-0.2, -0.15) is 13.2 Å². The Kier molecular flexibility index (Phi) is 5.00. The Hall–Kier alpha value is -2.58. The predicted octanol–water partition coefficient (Wildman–Crippen LogP) is 3.71. The number of fused-ring (bicyclic) bond motifs is 3. The molecule has 1 aromatic heterocycles. The summed E-state index contributed by atoms with van der Waals surface area (Å²) in [5.41, 5.74) is 0.327. The number of carbonyl (C=O) groups is 2. The van der Waals surface area contributed by atoms with Gasteiger partial charge in [0.15, 0.2) is 0 Å². The van der Waals surface area contributed by atoms with Crippen LogP contribution in [-0.2, 0) is 17.5 Å². The lowest BCUT2D eigenvalue weighted by molar-refractivity contribution is -0.147. The van der Waals surface area contributed by atoms with Crippen LogP contribution in [0.1, 0.15) is 38.4 Å². The van der Waals surface area contributed by atoms with E-state index in [4.69, 9.17) is 0 Å². The Morgan fingerprint density at radius 2 is 2.00 bits per heavy atom. The molecule has 3 amide bonds. The van der Waals surface area contributed by atoms with Crippen LogP contribution in [0, 0.1) is 17.8 Å². The van der Waals surface area contributed by atoms with Gasteiger partial charge in [-0.15, -0.1) is 0 Å². The van der Waals surface area contributed by atoms with Crippen LogP contribution < -0.4 is 10.6 Å². The third-order valence-corrected chi connectivity index (χ3v) is 6.26. The molecule has 0 radical (unpaired) electrons. The van der Waals surface area contributed by atoms with Crippen molar-refractivity contribution in [2.24, 2.45) is 17.8 Å². The van der Waals surface area contributed by atoms with Crippen LogP contribution in [0.2, 0.25) is 0 Å². The van der Waals surface area contributed by atoms with Gasteiger partial charge in [0.25, 0.3) is 0 Å². The van der Waals surface area contributed by atoms with Crippen LogP contribution in [-0.4, -0.2) is 27.5 Å². The Balaban J connectivity index is 1.41. The minimum atomic E-state index is -4.71. The minimum Gasteiger partial charge on any atom is -0.335 e. The number of urea groups is 1. The van der Waals surface area contributed by atoms with Gasteiger partial charge in [-0.1, -0.05) is 18.6 Å². The highest BCUT2D eigenvalue weighted by atomic mass is 19.4. The van der Waals surface area contributed by atoms with Gasteiger partial charge in [-0.05, 0) is 56.1 Å². The fraction of sp³-hybridized carbons (Fsp3) is 0.550. The second kappa shape index (κ2) is 7.35. The fourth-order valence-electron chi connectivity index (χ4n) is 5.02. The number of imidazole rings is 1. The van der Waals surface area contributed by atoms with Gasteiger partial charge >= 0.3 is 12.2 Å². The number of nitrogens with one attached hydrogen (secondary N) is 2. The summed E-state index contributed by atoms with van der Waals surface area (Å²) in [4.78, 5) is 28.1. The summed E-state index contributed by atoms with van der Waals surface area (Å²) >= 11 is 0. The number of carbonyl (C=O) groups excluding carboxylic acids is 2. The monoisotopic (exact) mass is 408 g/mol. The summed E-state index contributed by atoms with van der Waals surface area (Å²) in [6, 6.07) is 5.29. The number of rotatable bonds is 4. The van der Waals surface area contributed by atoms with Gasteiger partial charge in [-0.25, -0.2) is 9.78 Å². The van der Waals surface area contributed by atoms with Gasteiger partial charge in [0.1, 0.15) is 6.54 Å². The number of hydrogen-bond acceptors (Lipinski definition) is 3. The summed E-state index contributed by atoms with van der Waals surface area (Å²) < 4.78 is 40.8. The van der Waals surface area contributed by atoms with E-state index in [1.54, 1.807) is 12.1 Å². The maximum atomic E-state index is 13.3. The number of amides is 3. The average molecular weight is 408 g/mol. The lowest BCUT2D eigenvalue weighted by atomic mass is 9.84. The lowest BCUT2D eigenvalue weighted by Gasteiger charge is -2.28. The van der Waals surface area contributed by atoms with Crippen LogP contribution in [0.4, 0.5) is 18.0 Å². The molecule has 6 nitrogen and oxygen atoms in total. The molecule has 2 bridgehead atoms. The normalized spacial score (nSPS) is 24.6. The highest BCUT2D eigenvalue weighted by molar-refractivity contribution is 5.95. The second-order valence-electron chi connectivity index (χ2n) is 8.16. The molecule has 2 aliphatic rings. The number of alkyl halides is 3. The number of nitrogens with zero attached hydrogens (tertiary/aromatic N) is 2. The molecule has 0 saturated heterocycles. The quantitative estimate of drug-likeness (QED) is 0.810. The second-order valence-corrected chi connectivity index (χ2v) is 8.16. The van der Waals surface area contributed by atoms with E-state index in [0.29, 0.717) is 11.8 Å². The molecule has 1 heterocycles. The van der Waals surface area contributed by atoms with Crippen molar-refractivity contribution in [3.63, 3.8) is 0 Å². The summed E-state index contributed by atoms with van der Waals surface area (Å²) in [5.74, 6) is -0.253. The van der Waals surface area contributed by atoms with Crippen LogP contribution in [0.5, 0.6) is 0 Å². The van der Waals surface area contributed by atoms with E-state index in [-0.39, 0.29) is 17.1 Å². The van der Waals surface area contributed by atoms with Gasteiger partial charge < -0.3 is 9.88 Å². The Morgan fingerprint density at radius 1 is 1.24 bits per heavy atom. The molecule has 0 aliphatic heterocycles. The first-order chi connectivity index (χ1) is 13.7. The third kappa shape index (κ3) is 3.95. The summed E-state index contributed by atoms with van der Waals surface area (Å²) in [7, 11) is 0. The van der Waals surface area contributed by atoms with Crippen LogP contribution >= 0.6 is 0 Å². The zero-order valence-electron chi connectivity index (χ0n) is 16.0. The summed E-state index contributed by atoms with van der Waals surface area (Å²) in [5, 5.41) is 4.94. The summed E-state index contributed by atoms with van der Waals surface area (Å²) in [6.45, 7) is 1.27. The maximum Gasteiger partial charge on any atom is 0.449 e. The Bertz CT molecular complexity index is 939. The first-order valence-electron chi connectivity index (χ1n) is 9.85. The van der Waals surface area contributed by atoms with Crippen molar-refractivity contribution in [2.75, 3.05) is 0 Å². The lowest BCUT2D eigenvalue weighted by Crippen LogP contribution is -2.47. The average Bonchev–Trinajstić information content (AvgIpc) is 3.35. The maximum absolute atomic E-state index is 13.3. The molecule has 4 rings (SSSR count). The molecular formula is C20H23F3N4O2. The van der Waals surface area contributed by atoms with E-state index >= 15 is 0 Å². The molecule has 9 heteroatoms. The van der Waals surface area contributed by atoms with E-state index in [2.05, 4.69) is 15.6 Å². The van der Waals surface area contributed by atoms with E-state index in [0.717, 1.165) is 16.9 Å². The van der Waals surface area contributed by atoms with E-state index in [1.807, 2.05) is 6.92 Å². The molecule has 1 aromatic carbocycles. The number of hydrogen-bond donors (Lipinski definition) is 2. The van der Waals surface area contributed by atoms with Gasteiger partial charge in [-0.3, -0.25) is 10.1 Å². The highest BCUT2D eigenvalue weighted by Gasteiger charge is 2.42. The molecule has 2 fully saturated rings. The van der Waals surface area contributed by atoms with Crippen LogP contribution in [0.3, 0.4) is 0 Å². The number of aromatic nitrogens is 2. The molecule has 4 atom stereocenters. The van der Waals surface area contributed by atoms with Crippen LogP contribution in [0.25, 0.3) is 11.0 Å². The van der Waals surface area contributed by atoms with Crippen molar-refractivity contribution in [3.8, 4) is 0 Å². The molecule has 2 N–H and O–H groups in total. The molecule has 0 unspecified atom stereocenters. The zero-order chi connectivity index (χ0) is 20.8. The molecule has 29 heavy (non-hydrogen) atoms. The largest absolute Gasteiger partial charge is 0.449 e. The number of benzene rings is 1. The molecule has 2 saturated carbocycles. The SMILES string of the molecule is C[C@H](NC(=O)NC(=O)Cn1c(C(F)(F)F)nc2ccccc21)[C@@H]1C[C@H]2CC[C@H]1C2. The zero-order valence-corrected chi connectivity index (χ0v) is 16.0.